The van der Waals surface area contributed by atoms with Gasteiger partial charge in [-0.15, -0.1) is 12.4 Å². The minimum Gasteiger partial charge on any atom is -0.384 e. The molecule has 0 aromatic carbocycles. The Morgan fingerprint density at radius 2 is 2.04 bits per heavy atom. The number of ether oxygens (including phenoxy) is 1. The lowest BCUT2D eigenvalue weighted by atomic mass is 9.79. The largest absolute Gasteiger partial charge is 0.384 e. The number of amides is 1. The Morgan fingerprint density at radius 1 is 1.42 bits per heavy atom. The van der Waals surface area contributed by atoms with Crippen LogP contribution in [0.3, 0.4) is 0 Å². The smallest absolute Gasteiger partial charge is 0.269 e. The number of nitrogens with zero attached hydrogens (tertiary/aromatic N) is 2. The fourth-order valence-corrected chi connectivity index (χ4v) is 3.04. The van der Waals surface area contributed by atoms with Gasteiger partial charge in [-0.05, 0) is 32.0 Å². The van der Waals surface area contributed by atoms with E-state index in [4.69, 9.17) is 4.74 Å². The highest BCUT2D eigenvalue weighted by Crippen LogP contribution is 2.28. The Morgan fingerprint density at radius 3 is 2.54 bits per heavy atom. The highest BCUT2D eigenvalue weighted by Gasteiger charge is 2.33. The summed E-state index contributed by atoms with van der Waals surface area (Å²) in [7, 11) is 3.54. The van der Waals surface area contributed by atoms with E-state index in [9.17, 15) is 4.79 Å². The average molecular weight is 359 g/mol. The van der Waals surface area contributed by atoms with E-state index in [-0.39, 0.29) is 29.1 Å². The van der Waals surface area contributed by atoms with Gasteiger partial charge in [-0.3, -0.25) is 9.48 Å². The zero-order valence-corrected chi connectivity index (χ0v) is 16.3. The first-order chi connectivity index (χ1) is 10.8. The van der Waals surface area contributed by atoms with Crippen LogP contribution >= 0.6 is 12.4 Å². The van der Waals surface area contributed by atoms with E-state index in [0.29, 0.717) is 18.8 Å². The molecule has 7 heteroatoms. The highest BCUT2D eigenvalue weighted by atomic mass is 35.5. The van der Waals surface area contributed by atoms with Crippen molar-refractivity contribution in [2.45, 2.75) is 39.0 Å². The Balaban J connectivity index is 0.00000288. The third-order valence-corrected chi connectivity index (χ3v) is 4.62. The predicted octanol–water partition coefficient (Wildman–Crippen LogP) is 1.89. The van der Waals surface area contributed by atoms with Gasteiger partial charge < -0.3 is 15.4 Å². The van der Waals surface area contributed by atoms with Crippen molar-refractivity contribution < 1.29 is 9.53 Å². The molecule has 0 radical (unpaired) electrons. The monoisotopic (exact) mass is 358 g/mol. The second-order valence-corrected chi connectivity index (χ2v) is 7.65. The van der Waals surface area contributed by atoms with E-state index in [0.717, 1.165) is 31.6 Å². The number of halogens is 1. The molecule has 1 saturated heterocycles. The molecule has 0 unspecified atom stereocenters. The second-order valence-electron chi connectivity index (χ2n) is 7.65. The minimum atomic E-state index is -0.0669. The molecular formula is C17H31ClN4O2. The maximum atomic E-state index is 12.6. The van der Waals surface area contributed by atoms with Crippen LogP contribution in [0.5, 0.6) is 0 Å². The van der Waals surface area contributed by atoms with E-state index in [2.05, 4.69) is 36.5 Å². The van der Waals surface area contributed by atoms with E-state index in [1.54, 1.807) is 11.8 Å². The highest BCUT2D eigenvalue weighted by molar-refractivity contribution is 5.92. The van der Waals surface area contributed by atoms with Crippen molar-refractivity contribution in [3.05, 3.63) is 17.5 Å². The zero-order valence-electron chi connectivity index (χ0n) is 15.4. The number of methoxy groups -OCH3 is 1. The molecule has 0 aliphatic carbocycles. The van der Waals surface area contributed by atoms with Gasteiger partial charge in [0.05, 0.1) is 12.3 Å². The quantitative estimate of drug-likeness (QED) is 0.843. The molecule has 0 bridgehead atoms. The van der Waals surface area contributed by atoms with Crippen LogP contribution in [0.25, 0.3) is 0 Å². The molecule has 0 saturated carbocycles. The van der Waals surface area contributed by atoms with Crippen LogP contribution in [0.2, 0.25) is 0 Å². The molecule has 0 spiro atoms. The topological polar surface area (TPSA) is 68.2 Å². The van der Waals surface area contributed by atoms with Crippen LogP contribution in [0.1, 0.15) is 49.8 Å². The number of rotatable bonds is 5. The number of aromatic nitrogens is 2. The molecule has 2 rings (SSSR count). The first-order valence-corrected chi connectivity index (χ1v) is 8.30. The van der Waals surface area contributed by atoms with Crippen LogP contribution in [-0.2, 0) is 17.2 Å². The second kappa shape index (κ2) is 8.32. The lowest BCUT2D eigenvalue weighted by Crippen LogP contribution is -2.47. The first kappa shape index (κ1) is 20.9. The molecule has 0 atom stereocenters. The van der Waals surface area contributed by atoms with E-state index >= 15 is 0 Å². The molecule has 24 heavy (non-hydrogen) atoms. The standard InChI is InChI=1S/C17H30N4O2.ClH/c1-16(2,3)14-10-13(21(4)20-14)15(22)19-11-17(12-23-5)6-8-18-9-7-17;/h10,18H,6-9,11-12H2,1-5H3,(H,19,22);1H. The maximum absolute atomic E-state index is 12.6. The summed E-state index contributed by atoms with van der Waals surface area (Å²) >= 11 is 0. The summed E-state index contributed by atoms with van der Waals surface area (Å²) in [6.45, 7) is 9.54. The number of aryl methyl sites for hydroxylation is 1. The molecule has 6 nitrogen and oxygen atoms in total. The van der Waals surface area contributed by atoms with Crippen molar-refractivity contribution in [2.24, 2.45) is 12.5 Å². The molecule has 1 aliphatic heterocycles. The van der Waals surface area contributed by atoms with Crippen molar-refractivity contribution in [1.82, 2.24) is 20.4 Å². The summed E-state index contributed by atoms with van der Waals surface area (Å²) < 4.78 is 7.07. The first-order valence-electron chi connectivity index (χ1n) is 8.30. The Hall–Kier alpha value is -1.11. The van der Waals surface area contributed by atoms with Gasteiger partial charge in [0.1, 0.15) is 5.69 Å². The summed E-state index contributed by atoms with van der Waals surface area (Å²) in [5, 5.41) is 10.9. The lowest BCUT2D eigenvalue weighted by molar-refractivity contribution is 0.0510. The van der Waals surface area contributed by atoms with Crippen molar-refractivity contribution in [2.75, 3.05) is 33.4 Å². The van der Waals surface area contributed by atoms with Gasteiger partial charge in [-0.1, -0.05) is 20.8 Å². The SMILES string of the molecule is COCC1(CNC(=O)c2cc(C(C)(C)C)nn2C)CCNCC1.Cl. The molecule has 138 valence electrons. The summed E-state index contributed by atoms with van der Waals surface area (Å²) in [4.78, 5) is 12.6. The molecule has 1 aromatic rings. The zero-order chi connectivity index (χ0) is 17.1. The summed E-state index contributed by atoms with van der Waals surface area (Å²) in [5.41, 5.74) is 1.50. The Bertz CT molecular complexity index is 540. The van der Waals surface area contributed by atoms with E-state index in [1.807, 2.05) is 13.1 Å². The Labute approximate surface area is 151 Å². The van der Waals surface area contributed by atoms with Crippen molar-refractivity contribution in [1.29, 1.82) is 0 Å². The molecule has 1 fully saturated rings. The van der Waals surface area contributed by atoms with Gasteiger partial charge in [0, 0.05) is 31.5 Å². The molecule has 1 aliphatic rings. The van der Waals surface area contributed by atoms with E-state index in [1.165, 1.54) is 0 Å². The molecule has 1 aromatic heterocycles. The van der Waals surface area contributed by atoms with Gasteiger partial charge in [0.15, 0.2) is 0 Å². The maximum Gasteiger partial charge on any atom is 0.269 e. The van der Waals surface area contributed by atoms with Gasteiger partial charge in [-0.2, -0.15) is 5.10 Å². The number of carbonyl (C=O) groups is 1. The molecular weight excluding hydrogens is 328 g/mol. The number of piperidine rings is 1. The lowest BCUT2D eigenvalue weighted by Gasteiger charge is -2.37. The normalized spacial score (nSPS) is 17.2. The predicted molar refractivity (Wildman–Crippen MR) is 97.9 cm³/mol. The Kier molecular flexibility index (Phi) is 7.25. The van der Waals surface area contributed by atoms with Gasteiger partial charge >= 0.3 is 0 Å². The third-order valence-electron chi connectivity index (χ3n) is 4.62. The van der Waals surface area contributed by atoms with Crippen molar-refractivity contribution >= 4 is 18.3 Å². The van der Waals surface area contributed by atoms with Crippen LogP contribution in [0.15, 0.2) is 6.07 Å². The number of hydrogen-bond donors (Lipinski definition) is 2. The van der Waals surface area contributed by atoms with Crippen LogP contribution in [-0.4, -0.2) is 49.0 Å². The number of hydrogen-bond acceptors (Lipinski definition) is 4. The summed E-state index contributed by atoms with van der Waals surface area (Å²) in [5.74, 6) is -0.0653. The average Bonchev–Trinajstić information content (AvgIpc) is 2.88. The molecule has 2 N–H and O–H groups in total. The number of carbonyl (C=O) groups excluding carboxylic acids is 1. The van der Waals surface area contributed by atoms with Crippen LogP contribution in [0.4, 0.5) is 0 Å². The van der Waals surface area contributed by atoms with Crippen LogP contribution in [0, 0.1) is 5.41 Å². The van der Waals surface area contributed by atoms with Crippen molar-refractivity contribution in [3.63, 3.8) is 0 Å². The minimum absolute atomic E-state index is 0. The molecule has 2 heterocycles. The van der Waals surface area contributed by atoms with E-state index < -0.39 is 0 Å². The van der Waals surface area contributed by atoms with Gasteiger partial charge in [0.25, 0.3) is 5.91 Å². The number of nitrogens with one attached hydrogen (secondary N) is 2. The third kappa shape index (κ3) is 4.94. The summed E-state index contributed by atoms with van der Waals surface area (Å²) in [6.07, 6.45) is 2.03. The van der Waals surface area contributed by atoms with Gasteiger partial charge in [0.2, 0.25) is 0 Å². The van der Waals surface area contributed by atoms with Crippen LogP contribution < -0.4 is 10.6 Å². The fourth-order valence-electron chi connectivity index (χ4n) is 3.04. The summed E-state index contributed by atoms with van der Waals surface area (Å²) in [6, 6.07) is 1.89. The van der Waals surface area contributed by atoms with Crippen molar-refractivity contribution in [3.8, 4) is 0 Å². The molecule has 1 amide bonds. The fraction of sp³-hybridized carbons (Fsp3) is 0.765. The van der Waals surface area contributed by atoms with Gasteiger partial charge in [-0.25, -0.2) is 0 Å².